The molecule has 22 heavy (non-hydrogen) atoms. The second-order valence-corrected chi connectivity index (χ2v) is 6.29. The van der Waals surface area contributed by atoms with E-state index in [4.69, 9.17) is 11.6 Å². The van der Waals surface area contributed by atoms with Gasteiger partial charge in [-0.1, -0.05) is 41.9 Å². The number of carbonyl (C=O) groups is 1. The first kappa shape index (κ1) is 14.8. The van der Waals surface area contributed by atoms with Crippen LogP contribution in [0.3, 0.4) is 0 Å². The number of carbonyl (C=O) groups excluding carboxylic acids is 1. The van der Waals surface area contributed by atoms with Gasteiger partial charge in [-0.3, -0.25) is 4.79 Å². The first-order valence-corrected chi connectivity index (χ1v) is 8.14. The molecule has 0 aliphatic heterocycles. The smallest absolute Gasteiger partial charge is 0.258 e. The number of thiophene rings is 1. The number of rotatable bonds is 4. The fourth-order valence-electron chi connectivity index (χ4n) is 2.22. The SMILES string of the molecule is O=C(c1ccccc1)N(Cc1cccs1)c1cccc(Cl)c1. The zero-order valence-corrected chi connectivity index (χ0v) is 13.3. The molecule has 110 valence electrons. The van der Waals surface area contributed by atoms with E-state index >= 15 is 0 Å². The molecule has 0 saturated heterocycles. The molecular formula is C18H14ClNOS. The second kappa shape index (κ2) is 6.77. The third-order valence-corrected chi connectivity index (χ3v) is 4.38. The Morgan fingerprint density at radius 1 is 1.00 bits per heavy atom. The topological polar surface area (TPSA) is 20.3 Å². The van der Waals surface area contributed by atoms with Gasteiger partial charge in [-0.2, -0.15) is 0 Å². The van der Waals surface area contributed by atoms with E-state index in [-0.39, 0.29) is 5.91 Å². The van der Waals surface area contributed by atoms with Gasteiger partial charge < -0.3 is 4.90 Å². The lowest BCUT2D eigenvalue weighted by Gasteiger charge is -2.22. The van der Waals surface area contributed by atoms with Crippen LogP contribution < -0.4 is 4.90 Å². The Balaban J connectivity index is 1.97. The molecule has 0 bridgehead atoms. The van der Waals surface area contributed by atoms with Crippen molar-refractivity contribution in [3.63, 3.8) is 0 Å². The minimum Gasteiger partial charge on any atom is -0.303 e. The Bertz CT molecular complexity index is 756. The molecule has 2 nitrogen and oxygen atoms in total. The molecule has 0 aliphatic rings. The van der Waals surface area contributed by atoms with Crippen molar-refractivity contribution in [2.24, 2.45) is 0 Å². The number of benzene rings is 2. The standard InChI is InChI=1S/C18H14ClNOS/c19-15-8-4-9-16(12-15)20(13-17-10-5-11-22-17)18(21)14-6-2-1-3-7-14/h1-12H,13H2. The molecule has 0 spiro atoms. The molecule has 3 rings (SSSR count). The Kier molecular flexibility index (Phi) is 4.56. The van der Waals surface area contributed by atoms with Crippen molar-refractivity contribution in [1.29, 1.82) is 0 Å². The molecule has 0 atom stereocenters. The Hall–Kier alpha value is -2.10. The van der Waals surface area contributed by atoms with Crippen LogP contribution in [0.4, 0.5) is 5.69 Å². The molecule has 1 heterocycles. The van der Waals surface area contributed by atoms with Gasteiger partial charge in [-0.05, 0) is 41.8 Å². The van der Waals surface area contributed by atoms with E-state index in [1.165, 1.54) is 0 Å². The van der Waals surface area contributed by atoms with Crippen molar-refractivity contribution in [3.8, 4) is 0 Å². The molecule has 3 aromatic rings. The number of amides is 1. The zero-order valence-electron chi connectivity index (χ0n) is 11.8. The van der Waals surface area contributed by atoms with Gasteiger partial charge in [-0.25, -0.2) is 0 Å². The highest BCUT2D eigenvalue weighted by atomic mass is 35.5. The fraction of sp³-hybridized carbons (Fsp3) is 0.0556. The monoisotopic (exact) mass is 327 g/mol. The average Bonchev–Trinajstić information content (AvgIpc) is 3.06. The average molecular weight is 328 g/mol. The molecule has 1 aromatic heterocycles. The molecule has 0 saturated carbocycles. The highest BCUT2D eigenvalue weighted by Crippen LogP contribution is 2.24. The van der Waals surface area contributed by atoms with Crippen LogP contribution in [0.5, 0.6) is 0 Å². The summed E-state index contributed by atoms with van der Waals surface area (Å²) >= 11 is 7.72. The molecule has 4 heteroatoms. The van der Waals surface area contributed by atoms with Crippen molar-refractivity contribution in [2.75, 3.05) is 4.90 Å². The maximum atomic E-state index is 12.9. The summed E-state index contributed by atoms with van der Waals surface area (Å²) in [5, 5.41) is 2.63. The lowest BCUT2D eigenvalue weighted by atomic mass is 10.1. The van der Waals surface area contributed by atoms with E-state index in [2.05, 4.69) is 0 Å². The van der Waals surface area contributed by atoms with Gasteiger partial charge in [0.05, 0.1) is 6.54 Å². The quantitative estimate of drug-likeness (QED) is 0.641. The molecule has 0 radical (unpaired) electrons. The van der Waals surface area contributed by atoms with E-state index in [1.54, 1.807) is 22.3 Å². The van der Waals surface area contributed by atoms with Crippen molar-refractivity contribution in [1.82, 2.24) is 0 Å². The van der Waals surface area contributed by atoms with Gasteiger partial charge in [0, 0.05) is 21.2 Å². The fourth-order valence-corrected chi connectivity index (χ4v) is 3.10. The van der Waals surface area contributed by atoms with Gasteiger partial charge in [-0.15, -0.1) is 11.3 Å². The largest absolute Gasteiger partial charge is 0.303 e. The Morgan fingerprint density at radius 2 is 1.82 bits per heavy atom. The first-order valence-electron chi connectivity index (χ1n) is 6.89. The maximum absolute atomic E-state index is 12.9. The Labute approximate surface area is 138 Å². The lowest BCUT2D eigenvalue weighted by molar-refractivity contribution is 0.0985. The maximum Gasteiger partial charge on any atom is 0.258 e. The summed E-state index contributed by atoms with van der Waals surface area (Å²) < 4.78 is 0. The van der Waals surface area contributed by atoms with Gasteiger partial charge in [0.15, 0.2) is 0 Å². The summed E-state index contributed by atoms with van der Waals surface area (Å²) in [6.45, 7) is 0.533. The third-order valence-electron chi connectivity index (χ3n) is 3.28. The highest BCUT2D eigenvalue weighted by Gasteiger charge is 2.18. The molecule has 0 fully saturated rings. The molecule has 0 unspecified atom stereocenters. The van der Waals surface area contributed by atoms with Crippen molar-refractivity contribution in [2.45, 2.75) is 6.54 Å². The van der Waals surface area contributed by atoms with Crippen molar-refractivity contribution >= 4 is 34.5 Å². The summed E-state index contributed by atoms with van der Waals surface area (Å²) in [6, 6.07) is 20.7. The summed E-state index contributed by atoms with van der Waals surface area (Å²) in [4.78, 5) is 15.8. The number of hydrogen-bond acceptors (Lipinski definition) is 2. The van der Waals surface area contributed by atoms with Crippen LogP contribution in [-0.2, 0) is 6.54 Å². The van der Waals surface area contributed by atoms with Gasteiger partial charge in [0.2, 0.25) is 0 Å². The van der Waals surface area contributed by atoms with E-state index in [0.717, 1.165) is 10.6 Å². The van der Waals surface area contributed by atoms with Crippen LogP contribution in [-0.4, -0.2) is 5.91 Å². The Morgan fingerprint density at radius 3 is 2.50 bits per heavy atom. The normalized spacial score (nSPS) is 10.4. The highest BCUT2D eigenvalue weighted by molar-refractivity contribution is 7.09. The number of anilines is 1. The van der Waals surface area contributed by atoms with E-state index in [1.807, 2.05) is 66.0 Å². The van der Waals surface area contributed by atoms with E-state index in [0.29, 0.717) is 17.1 Å². The molecule has 1 amide bonds. The predicted octanol–water partition coefficient (Wildman–Crippen LogP) is 5.25. The van der Waals surface area contributed by atoms with Gasteiger partial charge >= 0.3 is 0 Å². The van der Waals surface area contributed by atoms with Crippen LogP contribution in [0.15, 0.2) is 72.1 Å². The van der Waals surface area contributed by atoms with Crippen LogP contribution in [0.25, 0.3) is 0 Å². The molecule has 0 N–H and O–H groups in total. The third kappa shape index (κ3) is 3.38. The summed E-state index contributed by atoms with van der Waals surface area (Å²) in [5.74, 6) is -0.0312. The number of hydrogen-bond donors (Lipinski definition) is 0. The van der Waals surface area contributed by atoms with Crippen LogP contribution in [0, 0.1) is 0 Å². The first-order chi connectivity index (χ1) is 10.7. The van der Waals surface area contributed by atoms with Crippen molar-refractivity contribution < 1.29 is 4.79 Å². The molecule has 0 aliphatic carbocycles. The molecular weight excluding hydrogens is 314 g/mol. The van der Waals surface area contributed by atoms with Gasteiger partial charge in [0.1, 0.15) is 0 Å². The van der Waals surface area contributed by atoms with Crippen LogP contribution >= 0.6 is 22.9 Å². The second-order valence-electron chi connectivity index (χ2n) is 4.82. The summed E-state index contributed by atoms with van der Waals surface area (Å²) in [7, 11) is 0. The lowest BCUT2D eigenvalue weighted by Crippen LogP contribution is -2.30. The van der Waals surface area contributed by atoms with E-state index in [9.17, 15) is 4.79 Å². The molecule has 2 aromatic carbocycles. The summed E-state index contributed by atoms with van der Waals surface area (Å²) in [5.41, 5.74) is 1.47. The van der Waals surface area contributed by atoms with Crippen molar-refractivity contribution in [3.05, 3.63) is 87.6 Å². The van der Waals surface area contributed by atoms with E-state index < -0.39 is 0 Å². The minimum absolute atomic E-state index is 0.0312. The van der Waals surface area contributed by atoms with Gasteiger partial charge in [0.25, 0.3) is 5.91 Å². The number of nitrogens with zero attached hydrogens (tertiary/aromatic N) is 1. The zero-order chi connectivity index (χ0) is 15.4. The minimum atomic E-state index is -0.0312. The van der Waals surface area contributed by atoms with Crippen LogP contribution in [0.2, 0.25) is 5.02 Å². The number of halogens is 1. The predicted molar refractivity (Wildman–Crippen MR) is 92.7 cm³/mol. The summed E-state index contributed by atoms with van der Waals surface area (Å²) in [6.07, 6.45) is 0. The van der Waals surface area contributed by atoms with Crippen LogP contribution in [0.1, 0.15) is 15.2 Å².